The van der Waals surface area contributed by atoms with Crippen molar-refractivity contribution in [1.29, 1.82) is 0 Å². The van der Waals surface area contributed by atoms with E-state index in [1.807, 2.05) is 48.5 Å². The van der Waals surface area contributed by atoms with Gasteiger partial charge >= 0.3 is 0 Å². The van der Waals surface area contributed by atoms with Gasteiger partial charge in [-0.3, -0.25) is 0 Å². The van der Waals surface area contributed by atoms with Crippen LogP contribution in [0.15, 0.2) is 60.7 Å². The quantitative estimate of drug-likeness (QED) is 0.845. The number of methoxy groups -OCH3 is 1. The molecule has 2 aromatic rings. The van der Waals surface area contributed by atoms with Crippen molar-refractivity contribution >= 4 is 0 Å². The van der Waals surface area contributed by atoms with E-state index < -0.39 is 5.79 Å². The smallest absolute Gasteiger partial charge is 0.222 e. The van der Waals surface area contributed by atoms with Gasteiger partial charge in [-0.25, -0.2) is 0 Å². The van der Waals surface area contributed by atoms with Gasteiger partial charge in [0.1, 0.15) is 12.2 Å². The molecular formula is C20H22O4. The van der Waals surface area contributed by atoms with Crippen LogP contribution in [-0.4, -0.2) is 32.0 Å². The third-order valence-corrected chi connectivity index (χ3v) is 4.84. The van der Waals surface area contributed by atoms with E-state index in [-0.39, 0.29) is 18.3 Å². The Morgan fingerprint density at radius 1 is 1.04 bits per heavy atom. The van der Waals surface area contributed by atoms with Gasteiger partial charge in [-0.05, 0) is 5.56 Å². The average Bonchev–Trinajstić information content (AvgIpc) is 3.04. The summed E-state index contributed by atoms with van der Waals surface area (Å²) in [6.45, 7) is 1.09. The Hall–Kier alpha value is -1.72. The van der Waals surface area contributed by atoms with E-state index in [0.29, 0.717) is 13.2 Å². The second-order valence-electron chi connectivity index (χ2n) is 6.30. The molecule has 126 valence electrons. The molecule has 1 unspecified atom stereocenters. The summed E-state index contributed by atoms with van der Waals surface area (Å²) in [7, 11) is 1.70. The predicted octanol–water partition coefficient (Wildman–Crippen LogP) is 3.26. The van der Waals surface area contributed by atoms with Gasteiger partial charge in [0.2, 0.25) is 5.79 Å². The Bertz CT molecular complexity index is 660. The van der Waals surface area contributed by atoms with Crippen LogP contribution in [0.1, 0.15) is 17.5 Å². The molecule has 2 aromatic carbocycles. The molecule has 0 N–H and O–H groups in total. The lowest BCUT2D eigenvalue weighted by molar-refractivity contribution is -0.282. The van der Waals surface area contributed by atoms with E-state index in [1.165, 1.54) is 0 Å². The van der Waals surface area contributed by atoms with Gasteiger partial charge in [0.15, 0.2) is 0 Å². The first-order valence-corrected chi connectivity index (χ1v) is 8.37. The van der Waals surface area contributed by atoms with E-state index >= 15 is 0 Å². The summed E-state index contributed by atoms with van der Waals surface area (Å²) in [4.78, 5) is 0. The molecule has 2 fully saturated rings. The van der Waals surface area contributed by atoms with Crippen molar-refractivity contribution in [2.45, 2.75) is 37.1 Å². The maximum Gasteiger partial charge on any atom is 0.222 e. The minimum Gasteiger partial charge on any atom is -0.375 e. The number of hydrogen-bond donors (Lipinski definition) is 0. The fraction of sp³-hybridized carbons (Fsp3) is 0.400. The fourth-order valence-corrected chi connectivity index (χ4v) is 3.58. The Morgan fingerprint density at radius 2 is 1.75 bits per heavy atom. The highest BCUT2D eigenvalue weighted by atomic mass is 16.8. The molecule has 0 aliphatic carbocycles. The van der Waals surface area contributed by atoms with Crippen molar-refractivity contribution in [1.82, 2.24) is 0 Å². The van der Waals surface area contributed by atoms with Crippen LogP contribution in [0.2, 0.25) is 0 Å². The highest BCUT2D eigenvalue weighted by molar-refractivity contribution is 5.24. The second kappa shape index (κ2) is 6.65. The molecule has 2 aliphatic rings. The SMILES string of the molecule is CO[C@@H]1C[C@H](OCc2ccccc2)[C@H]2COC1(c1ccccc1)O2. The Morgan fingerprint density at radius 3 is 2.46 bits per heavy atom. The molecule has 2 aliphatic heterocycles. The zero-order valence-corrected chi connectivity index (χ0v) is 13.8. The summed E-state index contributed by atoms with van der Waals surface area (Å²) in [5.74, 6) is -0.812. The Labute approximate surface area is 142 Å². The standard InChI is InChI=1S/C20H22O4/c1-21-19-12-17(22-13-15-8-4-2-5-9-15)18-14-23-20(19,24-18)16-10-6-3-7-11-16/h2-11,17-19H,12-14H2,1H3/t17-,18+,19+,20?/m0/s1. The number of benzene rings is 2. The molecule has 2 bridgehead atoms. The first kappa shape index (κ1) is 15.8. The van der Waals surface area contributed by atoms with Crippen molar-refractivity contribution < 1.29 is 18.9 Å². The van der Waals surface area contributed by atoms with Crippen LogP contribution in [0.25, 0.3) is 0 Å². The molecule has 4 rings (SSSR count). The Kier molecular flexibility index (Phi) is 4.37. The lowest BCUT2D eigenvalue weighted by Gasteiger charge is -2.41. The van der Waals surface area contributed by atoms with Crippen LogP contribution in [-0.2, 0) is 31.3 Å². The highest BCUT2D eigenvalue weighted by Gasteiger charge is 2.57. The maximum atomic E-state index is 6.30. The molecule has 0 radical (unpaired) electrons. The number of rotatable bonds is 5. The third-order valence-electron chi connectivity index (χ3n) is 4.84. The van der Waals surface area contributed by atoms with Gasteiger partial charge in [-0.2, -0.15) is 0 Å². The minimum atomic E-state index is -0.812. The number of ether oxygens (including phenoxy) is 4. The molecule has 0 saturated carbocycles. The van der Waals surface area contributed by atoms with Gasteiger partial charge in [0.25, 0.3) is 0 Å². The van der Waals surface area contributed by atoms with Gasteiger partial charge < -0.3 is 18.9 Å². The average molecular weight is 326 g/mol. The van der Waals surface area contributed by atoms with Gasteiger partial charge in [-0.15, -0.1) is 0 Å². The summed E-state index contributed by atoms with van der Waals surface area (Å²) in [6, 6.07) is 20.2. The van der Waals surface area contributed by atoms with Crippen LogP contribution in [0, 0.1) is 0 Å². The van der Waals surface area contributed by atoms with Crippen LogP contribution in [0.5, 0.6) is 0 Å². The van der Waals surface area contributed by atoms with E-state index in [4.69, 9.17) is 18.9 Å². The zero-order chi connectivity index (χ0) is 16.4. The van der Waals surface area contributed by atoms with E-state index in [1.54, 1.807) is 7.11 Å². The summed E-state index contributed by atoms with van der Waals surface area (Å²) in [6.07, 6.45) is 0.456. The lowest BCUT2D eigenvalue weighted by atomic mass is 9.92. The van der Waals surface area contributed by atoms with Crippen molar-refractivity contribution in [2.24, 2.45) is 0 Å². The normalized spacial score (nSPS) is 32.0. The van der Waals surface area contributed by atoms with Crippen LogP contribution < -0.4 is 0 Å². The molecule has 2 heterocycles. The zero-order valence-electron chi connectivity index (χ0n) is 13.8. The lowest BCUT2D eigenvalue weighted by Crippen LogP contribution is -2.50. The van der Waals surface area contributed by atoms with Crippen LogP contribution in [0.3, 0.4) is 0 Å². The highest BCUT2D eigenvalue weighted by Crippen LogP contribution is 2.46. The van der Waals surface area contributed by atoms with Crippen LogP contribution >= 0.6 is 0 Å². The van der Waals surface area contributed by atoms with E-state index in [9.17, 15) is 0 Å². The van der Waals surface area contributed by atoms with Gasteiger partial charge in [0, 0.05) is 19.1 Å². The monoisotopic (exact) mass is 326 g/mol. The van der Waals surface area contributed by atoms with Crippen molar-refractivity contribution in [3.63, 3.8) is 0 Å². The van der Waals surface area contributed by atoms with Gasteiger partial charge in [-0.1, -0.05) is 60.7 Å². The molecule has 2 saturated heterocycles. The molecule has 24 heavy (non-hydrogen) atoms. The summed E-state index contributed by atoms with van der Waals surface area (Å²) >= 11 is 0. The van der Waals surface area contributed by atoms with Crippen molar-refractivity contribution in [2.75, 3.05) is 13.7 Å². The first-order valence-electron chi connectivity index (χ1n) is 8.37. The van der Waals surface area contributed by atoms with Gasteiger partial charge in [0.05, 0.1) is 19.3 Å². The largest absolute Gasteiger partial charge is 0.375 e. The first-order chi connectivity index (χ1) is 11.8. The predicted molar refractivity (Wildman–Crippen MR) is 89.4 cm³/mol. The summed E-state index contributed by atoms with van der Waals surface area (Å²) in [5.41, 5.74) is 2.16. The number of fused-ring (bicyclic) bond motifs is 2. The second-order valence-corrected chi connectivity index (χ2v) is 6.30. The molecule has 4 nitrogen and oxygen atoms in total. The molecule has 4 atom stereocenters. The summed E-state index contributed by atoms with van der Waals surface area (Å²) in [5, 5.41) is 0. The molecule has 0 aromatic heterocycles. The van der Waals surface area contributed by atoms with Crippen molar-refractivity contribution in [3.05, 3.63) is 71.8 Å². The van der Waals surface area contributed by atoms with E-state index in [2.05, 4.69) is 12.1 Å². The fourth-order valence-electron chi connectivity index (χ4n) is 3.58. The molecule has 4 heteroatoms. The van der Waals surface area contributed by atoms with Crippen molar-refractivity contribution in [3.8, 4) is 0 Å². The maximum absolute atomic E-state index is 6.30. The minimum absolute atomic E-state index is 0.0329. The molecular weight excluding hydrogens is 304 g/mol. The van der Waals surface area contributed by atoms with Crippen LogP contribution in [0.4, 0.5) is 0 Å². The Balaban J connectivity index is 1.51. The molecule has 0 amide bonds. The number of hydrogen-bond acceptors (Lipinski definition) is 4. The third kappa shape index (κ3) is 2.76. The van der Waals surface area contributed by atoms with E-state index in [0.717, 1.165) is 17.5 Å². The molecule has 0 spiro atoms. The summed E-state index contributed by atoms with van der Waals surface area (Å²) < 4.78 is 24.3. The topological polar surface area (TPSA) is 36.9 Å².